The van der Waals surface area contributed by atoms with Crippen molar-refractivity contribution in [3.8, 4) is 5.75 Å². The molecular weight excluding hydrogens is 270 g/mol. The van der Waals surface area contributed by atoms with Gasteiger partial charge in [0.1, 0.15) is 11.6 Å². The molecule has 3 N–H and O–H groups in total. The standard InChI is InChI=1S/C15H23N3OS/c1-18-9-4-5-11(18)8-10-19-12-6-3-7-13(20-2)14(12)15(16)17/h3,6-7,11H,4-5,8-10H2,1-2H3,(H3,16,17). The molecule has 1 aromatic carbocycles. The highest BCUT2D eigenvalue weighted by atomic mass is 32.2. The van der Waals surface area contributed by atoms with Gasteiger partial charge in [-0.15, -0.1) is 11.8 Å². The predicted octanol–water partition coefficient (Wildman–Crippen LogP) is 2.56. The van der Waals surface area contributed by atoms with Gasteiger partial charge in [0, 0.05) is 10.9 Å². The quantitative estimate of drug-likeness (QED) is 0.481. The van der Waals surface area contributed by atoms with Gasteiger partial charge in [-0.2, -0.15) is 0 Å². The fourth-order valence-electron chi connectivity index (χ4n) is 2.72. The number of hydrogen-bond donors (Lipinski definition) is 2. The molecule has 110 valence electrons. The Morgan fingerprint density at radius 3 is 2.95 bits per heavy atom. The third-order valence-electron chi connectivity index (χ3n) is 3.86. The molecule has 0 bridgehead atoms. The average Bonchev–Trinajstić information content (AvgIpc) is 2.84. The molecule has 1 atom stereocenters. The maximum Gasteiger partial charge on any atom is 0.131 e. The number of hydrogen-bond acceptors (Lipinski definition) is 4. The Morgan fingerprint density at radius 2 is 2.35 bits per heavy atom. The molecule has 1 aliphatic heterocycles. The molecule has 4 nitrogen and oxygen atoms in total. The van der Waals surface area contributed by atoms with Crippen molar-refractivity contribution in [1.82, 2.24) is 4.90 Å². The SMILES string of the molecule is CSc1cccc(OCCC2CCCN2C)c1C(=N)N. The highest BCUT2D eigenvalue weighted by Crippen LogP contribution is 2.29. The van der Waals surface area contributed by atoms with Crippen LogP contribution in [0.2, 0.25) is 0 Å². The third-order valence-corrected chi connectivity index (χ3v) is 4.64. The minimum absolute atomic E-state index is 0.0722. The van der Waals surface area contributed by atoms with Gasteiger partial charge in [0.15, 0.2) is 0 Å². The first-order valence-corrected chi connectivity index (χ1v) is 8.20. The van der Waals surface area contributed by atoms with Gasteiger partial charge in [-0.1, -0.05) is 6.07 Å². The summed E-state index contributed by atoms with van der Waals surface area (Å²) in [5.41, 5.74) is 6.41. The molecule has 0 aliphatic carbocycles. The largest absolute Gasteiger partial charge is 0.493 e. The number of nitrogens with one attached hydrogen (secondary N) is 1. The van der Waals surface area contributed by atoms with Gasteiger partial charge in [0.2, 0.25) is 0 Å². The second kappa shape index (κ2) is 6.99. The van der Waals surface area contributed by atoms with Crippen molar-refractivity contribution >= 4 is 17.6 Å². The van der Waals surface area contributed by atoms with E-state index < -0.39 is 0 Å². The van der Waals surface area contributed by atoms with Gasteiger partial charge in [-0.3, -0.25) is 5.41 Å². The number of nitrogens with zero attached hydrogens (tertiary/aromatic N) is 1. The number of benzene rings is 1. The van der Waals surface area contributed by atoms with Crippen molar-refractivity contribution in [2.75, 3.05) is 26.5 Å². The summed E-state index contributed by atoms with van der Waals surface area (Å²) in [5.74, 6) is 0.799. The van der Waals surface area contributed by atoms with Crippen molar-refractivity contribution < 1.29 is 4.74 Å². The number of ether oxygens (including phenoxy) is 1. The summed E-state index contributed by atoms with van der Waals surface area (Å²) in [6.45, 7) is 1.86. The van der Waals surface area contributed by atoms with Crippen molar-refractivity contribution in [3.63, 3.8) is 0 Å². The van der Waals surface area contributed by atoms with Gasteiger partial charge < -0.3 is 15.4 Å². The summed E-state index contributed by atoms with van der Waals surface area (Å²) in [5, 5.41) is 7.73. The average molecular weight is 293 g/mol. The van der Waals surface area contributed by atoms with E-state index in [-0.39, 0.29) is 5.84 Å². The van der Waals surface area contributed by atoms with E-state index in [1.807, 2.05) is 24.5 Å². The first-order chi connectivity index (χ1) is 9.63. The lowest BCUT2D eigenvalue weighted by atomic mass is 10.1. The number of rotatable bonds is 6. The van der Waals surface area contributed by atoms with Crippen LogP contribution < -0.4 is 10.5 Å². The zero-order valence-electron chi connectivity index (χ0n) is 12.2. The second-order valence-electron chi connectivity index (χ2n) is 5.16. The smallest absolute Gasteiger partial charge is 0.131 e. The number of nitrogen functional groups attached to an aromatic ring is 1. The molecule has 5 heteroatoms. The van der Waals surface area contributed by atoms with Crippen LogP contribution in [0.5, 0.6) is 5.75 Å². The van der Waals surface area contributed by atoms with E-state index in [0.717, 1.165) is 22.6 Å². The van der Waals surface area contributed by atoms with Crippen LogP contribution >= 0.6 is 11.8 Å². The van der Waals surface area contributed by atoms with Crippen LogP contribution in [0.1, 0.15) is 24.8 Å². The molecule has 1 unspecified atom stereocenters. The van der Waals surface area contributed by atoms with E-state index in [1.165, 1.54) is 19.4 Å². The first kappa shape index (κ1) is 15.2. The number of amidine groups is 1. The van der Waals surface area contributed by atoms with Crippen molar-refractivity contribution in [1.29, 1.82) is 5.41 Å². The minimum Gasteiger partial charge on any atom is -0.493 e. The molecule has 1 aromatic rings. The predicted molar refractivity (Wildman–Crippen MR) is 85.0 cm³/mol. The fourth-order valence-corrected chi connectivity index (χ4v) is 3.35. The summed E-state index contributed by atoms with van der Waals surface area (Å²) in [7, 11) is 2.17. The minimum atomic E-state index is 0.0722. The molecule has 1 fully saturated rings. The highest BCUT2D eigenvalue weighted by Gasteiger charge is 2.20. The zero-order valence-corrected chi connectivity index (χ0v) is 13.0. The van der Waals surface area contributed by atoms with Crippen LogP contribution in [0.4, 0.5) is 0 Å². The maximum absolute atomic E-state index is 7.73. The topological polar surface area (TPSA) is 62.3 Å². The van der Waals surface area contributed by atoms with Crippen LogP contribution in [0.3, 0.4) is 0 Å². The molecule has 1 saturated heterocycles. The van der Waals surface area contributed by atoms with E-state index in [1.54, 1.807) is 11.8 Å². The third kappa shape index (κ3) is 3.46. The number of nitrogens with two attached hydrogens (primary N) is 1. The number of thioether (sulfide) groups is 1. The van der Waals surface area contributed by atoms with Gasteiger partial charge in [-0.05, 0) is 51.2 Å². The molecule has 0 amide bonds. The fraction of sp³-hybridized carbons (Fsp3) is 0.533. The summed E-state index contributed by atoms with van der Waals surface area (Å²) in [6, 6.07) is 6.45. The van der Waals surface area contributed by atoms with Crippen molar-refractivity contribution in [2.24, 2.45) is 5.73 Å². The van der Waals surface area contributed by atoms with Crippen LogP contribution in [0.25, 0.3) is 0 Å². The van der Waals surface area contributed by atoms with Crippen molar-refractivity contribution in [2.45, 2.75) is 30.2 Å². The van der Waals surface area contributed by atoms with E-state index >= 15 is 0 Å². The van der Waals surface area contributed by atoms with Crippen LogP contribution in [0, 0.1) is 5.41 Å². The molecule has 2 rings (SSSR count). The van der Waals surface area contributed by atoms with E-state index in [4.69, 9.17) is 15.9 Å². The molecule has 0 saturated carbocycles. The Hall–Kier alpha value is -1.20. The van der Waals surface area contributed by atoms with E-state index in [0.29, 0.717) is 12.6 Å². The van der Waals surface area contributed by atoms with Gasteiger partial charge in [0.25, 0.3) is 0 Å². The Kier molecular flexibility index (Phi) is 5.31. The molecule has 1 aliphatic rings. The maximum atomic E-state index is 7.73. The molecule has 20 heavy (non-hydrogen) atoms. The number of likely N-dealkylation sites (tertiary alicyclic amines) is 1. The molecule has 1 heterocycles. The van der Waals surface area contributed by atoms with Crippen LogP contribution in [0.15, 0.2) is 23.1 Å². The summed E-state index contributed by atoms with van der Waals surface area (Å²) in [6.07, 6.45) is 5.54. The van der Waals surface area contributed by atoms with Gasteiger partial charge in [-0.25, -0.2) is 0 Å². The van der Waals surface area contributed by atoms with Crippen LogP contribution in [-0.4, -0.2) is 43.2 Å². The van der Waals surface area contributed by atoms with Gasteiger partial charge >= 0.3 is 0 Å². The lowest BCUT2D eigenvalue weighted by Gasteiger charge is -2.20. The normalized spacial score (nSPS) is 19.2. The molecule has 0 radical (unpaired) electrons. The Balaban J connectivity index is 2.00. The lowest BCUT2D eigenvalue weighted by Crippen LogP contribution is -2.26. The Bertz CT molecular complexity index is 478. The highest BCUT2D eigenvalue weighted by molar-refractivity contribution is 7.98. The Labute approximate surface area is 125 Å². The summed E-state index contributed by atoms with van der Waals surface area (Å²) in [4.78, 5) is 3.39. The lowest BCUT2D eigenvalue weighted by molar-refractivity contribution is 0.233. The summed E-state index contributed by atoms with van der Waals surface area (Å²) >= 11 is 1.59. The van der Waals surface area contributed by atoms with E-state index in [9.17, 15) is 0 Å². The van der Waals surface area contributed by atoms with Crippen LogP contribution in [-0.2, 0) is 0 Å². The first-order valence-electron chi connectivity index (χ1n) is 6.98. The monoisotopic (exact) mass is 293 g/mol. The summed E-state index contributed by atoms with van der Waals surface area (Å²) < 4.78 is 5.89. The molecular formula is C15H23N3OS. The van der Waals surface area contributed by atoms with Crippen molar-refractivity contribution in [3.05, 3.63) is 23.8 Å². The van der Waals surface area contributed by atoms with E-state index in [2.05, 4.69) is 11.9 Å². The Morgan fingerprint density at radius 1 is 1.55 bits per heavy atom. The second-order valence-corrected chi connectivity index (χ2v) is 6.01. The zero-order chi connectivity index (χ0) is 14.5. The molecule has 0 spiro atoms. The van der Waals surface area contributed by atoms with Gasteiger partial charge in [0.05, 0.1) is 12.2 Å². The molecule has 0 aromatic heterocycles.